The molecule has 1 saturated carbocycles. The Hall–Kier alpha value is -2.17. The second-order valence-electron chi connectivity index (χ2n) is 6.41. The Labute approximate surface area is 184 Å². The van der Waals surface area contributed by atoms with Gasteiger partial charge in [0.15, 0.2) is 5.76 Å². The van der Waals surface area contributed by atoms with Crippen LogP contribution in [0.2, 0.25) is 0 Å². The van der Waals surface area contributed by atoms with Crippen molar-refractivity contribution in [3.63, 3.8) is 0 Å². The van der Waals surface area contributed by atoms with Gasteiger partial charge in [-0.3, -0.25) is 4.98 Å². The molecule has 0 atom stereocenters. The van der Waals surface area contributed by atoms with Crippen molar-refractivity contribution >= 4 is 0 Å². The summed E-state index contributed by atoms with van der Waals surface area (Å²) >= 11 is 0. The van der Waals surface area contributed by atoms with Crippen molar-refractivity contribution in [1.29, 1.82) is 0 Å². The largest absolute Gasteiger partial charge is 1.00 e. The van der Waals surface area contributed by atoms with Gasteiger partial charge in [0.2, 0.25) is 5.88 Å². The van der Waals surface area contributed by atoms with Crippen LogP contribution in [0.4, 0.5) is 17.6 Å². The molecule has 1 aliphatic carbocycles. The van der Waals surface area contributed by atoms with Crippen LogP contribution in [0.1, 0.15) is 30.0 Å². The second-order valence-corrected chi connectivity index (χ2v) is 6.41. The van der Waals surface area contributed by atoms with Crippen LogP contribution in [0.25, 0.3) is 11.3 Å². The van der Waals surface area contributed by atoms with E-state index in [1.165, 1.54) is 12.3 Å². The number of hydrogen-bond donors (Lipinski definition) is 0. The predicted molar refractivity (Wildman–Crippen MR) is 84.8 cm³/mol. The Kier molecular flexibility index (Phi) is 6.16. The van der Waals surface area contributed by atoms with Crippen LogP contribution in [0, 0.1) is 5.82 Å². The number of nitrogens with zero attached hydrogens (tertiary/aromatic N) is 3. The minimum absolute atomic E-state index is 0. The van der Waals surface area contributed by atoms with Gasteiger partial charge in [0.1, 0.15) is 11.9 Å². The fourth-order valence-electron chi connectivity index (χ4n) is 2.95. The molecule has 0 radical (unpaired) electrons. The zero-order valence-corrected chi connectivity index (χ0v) is 17.1. The Balaban J connectivity index is 0.00000240. The summed E-state index contributed by atoms with van der Waals surface area (Å²) in [4.78, 5) is 7.76. The first kappa shape index (κ1) is 21.5. The number of alkyl halides is 3. The van der Waals surface area contributed by atoms with Gasteiger partial charge < -0.3 is 14.4 Å². The van der Waals surface area contributed by atoms with Crippen molar-refractivity contribution < 1.29 is 61.5 Å². The molecular weight excluding hydrogens is 405 g/mol. The normalized spacial score (nSPS) is 18.6. The number of rotatable bonds is 4. The first-order valence-corrected chi connectivity index (χ1v) is 8.29. The van der Waals surface area contributed by atoms with Gasteiger partial charge in [-0.1, -0.05) is 5.16 Å². The van der Waals surface area contributed by atoms with E-state index in [2.05, 4.69) is 15.1 Å². The summed E-state index contributed by atoms with van der Waals surface area (Å²) in [5, 5.41) is 14.3. The van der Waals surface area contributed by atoms with Crippen molar-refractivity contribution in [1.82, 2.24) is 15.1 Å². The average Bonchev–Trinajstić information content (AvgIpc) is 3.04. The third kappa shape index (κ3) is 4.71. The minimum Gasteiger partial charge on any atom is -0.856 e. The van der Waals surface area contributed by atoms with Gasteiger partial charge in [-0.25, -0.2) is 9.37 Å². The van der Waals surface area contributed by atoms with E-state index in [1.807, 2.05) is 0 Å². The van der Waals surface area contributed by atoms with E-state index in [1.54, 1.807) is 12.1 Å². The average molecular weight is 417 g/mol. The topological polar surface area (TPSA) is 84.1 Å². The number of aromatic nitrogens is 3. The Morgan fingerprint density at radius 2 is 1.86 bits per heavy atom. The molecule has 3 aromatic heterocycles. The molecule has 0 spiro atoms. The summed E-state index contributed by atoms with van der Waals surface area (Å²) in [5.74, 6) is -1.15. The molecule has 11 heteroatoms. The number of ether oxygens (including phenoxy) is 1. The molecule has 1 fully saturated rings. The monoisotopic (exact) mass is 417 g/mol. The Morgan fingerprint density at radius 3 is 2.41 bits per heavy atom. The van der Waals surface area contributed by atoms with Crippen molar-refractivity contribution in [2.45, 2.75) is 31.0 Å². The molecule has 29 heavy (non-hydrogen) atoms. The SMILES string of the molecule is [Na+].[O-]c1cc(-c2ccc(O[C@H]3C[C@H](c4ncc(C(F)(F)F)cc4F)C3)nc2)on1. The Bertz CT molecular complexity index is 989. The van der Waals surface area contributed by atoms with Gasteiger partial charge in [-0.15, -0.1) is 0 Å². The van der Waals surface area contributed by atoms with Gasteiger partial charge in [0.25, 0.3) is 0 Å². The van der Waals surface area contributed by atoms with E-state index in [4.69, 9.17) is 9.26 Å². The third-order valence-corrected chi connectivity index (χ3v) is 4.48. The Morgan fingerprint density at radius 1 is 1.10 bits per heavy atom. The van der Waals surface area contributed by atoms with Crippen molar-refractivity contribution in [2.24, 2.45) is 0 Å². The summed E-state index contributed by atoms with van der Waals surface area (Å²) in [6.45, 7) is 0. The molecule has 0 aromatic carbocycles. The first-order valence-electron chi connectivity index (χ1n) is 8.29. The fraction of sp³-hybridized carbons (Fsp3) is 0.278. The van der Waals surface area contributed by atoms with E-state index < -0.39 is 23.4 Å². The first-order chi connectivity index (χ1) is 13.3. The maximum absolute atomic E-state index is 14.0. The van der Waals surface area contributed by atoms with Crippen LogP contribution in [0.5, 0.6) is 11.8 Å². The molecule has 0 unspecified atom stereocenters. The molecule has 0 N–H and O–H groups in total. The van der Waals surface area contributed by atoms with Gasteiger partial charge in [-0.05, 0) is 31.0 Å². The molecule has 4 rings (SSSR count). The van der Waals surface area contributed by atoms with Crippen molar-refractivity contribution in [3.05, 3.63) is 53.7 Å². The van der Waals surface area contributed by atoms with Crippen LogP contribution in [0.15, 0.2) is 41.2 Å². The van der Waals surface area contributed by atoms with Crippen LogP contribution >= 0.6 is 0 Å². The maximum atomic E-state index is 14.0. The van der Waals surface area contributed by atoms with E-state index in [-0.39, 0.29) is 53.0 Å². The molecule has 0 amide bonds. The van der Waals surface area contributed by atoms with Crippen LogP contribution in [0.3, 0.4) is 0 Å². The van der Waals surface area contributed by atoms with Crippen molar-refractivity contribution in [3.8, 4) is 23.1 Å². The van der Waals surface area contributed by atoms with Gasteiger partial charge in [0, 0.05) is 35.8 Å². The van der Waals surface area contributed by atoms with E-state index in [0.29, 0.717) is 36.5 Å². The van der Waals surface area contributed by atoms with Gasteiger partial charge in [-0.2, -0.15) is 13.2 Å². The second kappa shape index (κ2) is 8.29. The van der Waals surface area contributed by atoms with Crippen LogP contribution < -0.4 is 39.4 Å². The van der Waals surface area contributed by atoms with E-state index in [0.717, 1.165) is 0 Å². The molecule has 0 saturated heterocycles. The van der Waals surface area contributed by atoms with Gasteiger partial charge >= 0.3 is 35.7 Å². The molecular formula is C18H12F4N3NaO3. The molecule has 0 aliphatic heterocycles. The summed E-state index contributed by atoms with van der Waals surface area (Å²) in [7, 11) is 0. The molecule has 6 nitrogen and oxygen atoms in total. The van der Waals surface area contributed by atoms with E-state index in [9.17, 15) is 22.7 Å². The number of pyridine rings is 2. The summed E-state index contributed by atoms with van der Waals surface area (Å²) in [6, 6.07) is 4.94. The molecule has 146 valence electrons. The molecule has 0 bridgehead atoms. The molecule has 1 aliphatic rings. The third-order valence-electron chi connectivity index (χ3n) is 4.48. The molecule has 3 heterocycles. The van der Waals surface area contributed by atoms with Crippen LogP contribution in [-0.2, 0) is 6.18 Å². The van der Waals surface area contributed by atoms with Gasteiger partial charge in [0.05, 0.1) is 11.3 Å². The zero-order valence-electron chi connectivity index (χ0n) is 15.1. The predicted octanol–water partition coefficient (Wildman–Crippen LogP) is 0.692. The summed E-state index contributed by atoms with van der Waals surface area (Å²) < 4.78 is 62.2. The zero-order chi connectivity index (χ0) is 19.9. The minimum atomic E-state index is -4.63. The standard InChI is InChI=1S/C18H13F4N3O3.Na/c19-13-5-11(18(20,21)22)8-24-17(13)10-3-12(4-10)27-16-2-1-9(7-23-16)14-6-15(26)25-28-14;/h1-2,5-8,10,12H,3-4H2,(H,25,26);/q;+1/p-1/t10-,12-;. The number of hydrogen-bond acceptors (Lipinski definition) is 6. The molecule has 3 aromatic rings. The van der Waals surface area contributed by atoms with Crippen LogP contribution in [-0.4, -0.2) is 21.2 Å². The summed E-state index contributed by atoms with van der Waals surface area (Å²) in [6.07, 6.45) is -1.94. The number of halogens is 4. The van der Waals surface area contributed by atoms with Crippen molar-refractivity contribution in [2.75, 3.05) is 0 Å². The fourth-order valence-corrected chi connectivity index (χ4v) is 2.95. The smallest absolute Gasteiger partial charge is 0.856 e. The maximum Gasteiger partial charge on any atom is 1.00 e. The van der Waals surface area contributed by atoms with E-state index >= 15 is 0 Å². The quantitative estimate of drug-likeness (QED) is 0.459. The summed E-state index contributed by atoms with van der Waals surface area (Å²) in [5.41, 5.74) is -0.541.